The van der Waals surface area contributed by atoms with Crippen LogP contribution in [-0.2, 0) is 0 Å². The molecule has 20 heavy (non-hydrogen) atoms. The highest BCUT2D eigenvalue weighted by atomic mass is 16.2. The zero-order chi connectivity index (χ0) is 13.8. The highest BCUT2D eigenvalue weighted by Crippen LogP contribution is 2.39. The molecular formula is C16H21N3O. The number of hydrogen-bond acceptors (Lipinski definition) is 3. The van der Waals surface area contributed by atoms with Crippen LogP contribution in [0.15, 0.2) is 29.5 Å². The van der Waals surface area contributed by atoms with Crippen molar-refractivity contribution in [1.82, 2.24) is 10.4 Å². The predicted octanol–water partition coefficient (Wildman–Crippen LogP) is 3.16. The summed E-state index contributed by atoms with van der Waals surface area (Å²) in [6.45, 7) is 0. The van der Waals surface area contributed by atoms with Crippen LogP contribution in [-0.4, -0.2) is 16.6 Å². The van der Waals surface area contributed by atoms with E-state index in [1.165, 1.54) is 32.1 Å². The topological polar surface area (TPSA) is 54.4 Å². The van der Waals surface area contributed by atoms with Crippen LogP contribution < -0.4 is 5.43 Å². The molecule has 106 valence electrons. The predicted molar refractivity (Wildman–Crippen MR) is 78.4 cm³/mol. The second kappa shape index (κ2) is 6.16. The van der Waals surface area contributed by atoms with Crippen LogP contribution in [0.2, 0.25) is 0 Å². The first-order chi connectivity index (χ1) is 9.83. The fraction of sp³-hybridized carbons (Fsp3) is 0.562. The van der Waals surface area contributed by atoms with Crippen LogP contribution in [0.25, 0.3) is 0 Å². The molecule has 4 heteroatoms. The summed E-state index contributed by atoms with van der Waals surface area (Å²) in [7, 11) is 0. The molecule has 4 nitrogen and oxygen atoms in total. The Morgan fingerprint density at radius 1 is 1.20 bits per heavy atom. The second-order valence-corrected chi connectivity index (χ2v) is 5.88. The Labute approximate surface area is 119 Å². The number of fused-ring (bicyclic) bond motifs is 1. The zero-order valence-corrected chi connectivity index (χ0v) is 11.7. The van der Waals surface area contributed by atoms with E-state index in [1.807, 2.05) is 6.07 Å². The maximum atomic E-state index is 11.9. The lowest BCUT2D eigenvalue weighted by molar-refractivity contribution is 0.0949. The average Bonchev–Trinajstić information content (AvgIpc) is 2.53. The summed E-state index contributed by atoms with van der Waals surface area (Å²) < 4.78 is 0. The average molecular weight is 271 g/mol. The van der Waals surface area contributed by atoms with Gasteiger partial charge >= 0.3 is 0 Å². The minimum Gasteiger partial charge on any atom is -0.266 e. The van der Waals surface area contributed by atoms with Crippen LogP contribution >= 0.6 is 0 Å². The number of amides is 1. The minimum atomic E-state index is -0.219. The molecule has 1 aromatic heterocycles. The van der Waals surface area contributed by atoms with E-state index in [4.69, 9.17) is 0 Å². The molecule has 0 radical (unpaired) electrons. The molecule has 0 saturated heterocycles. The third-order valence-electron chi connectivity index (χ3n) is 4.58. The number of rotatable bonds is 2. The highest BCUT2D eigenvalue weighted by Gasteiger charge is 2.30. The quantitative estimate of drug-likeness (QED) is 0.840. The van der Waals surface area contributed by atoms with Gasteiger partial charge in [-0.3, -0.25) is 9.78 Å². The number of hydrazone groups is 1. The first-order valence-electron chi connectivity index (χ1n) is 7.60. The largest absolute Gasteiger partial charge is 0.289 e. The van der Waals surface area contributed by atoms with Gasteiger partial charge in [-0.2, -0.15) is 5.10 Å². The van der Waals surface area contributed by atoms with E-state index >= 15 is 0 Å². The lowest BCUT2D eigenvalue weighted by Crippen LogP contribution is -2.29. The third kappa shape index (κ3) is 3.06. The Hall–Kier alpha value is -1.71. The van der Waals surface area contributed by atoms with Crippen LogP contribution in [0.1, 0.15) is 55.4 Å². The number of carbonyl (C=O) groups is 1. The number of nitrogens with zero attached hydrogens (tertiary/aromatic N) is 2. The van der Waals surface area contributed by atoms with Gasteiger partial charge in [0, 0.05) is 11.9 Å². The molecule has 1 amide bonds. The first-order valence-corrected chi connectivity index (χ1v) is 7.60. The molecule has 2 atom stereocenters. The van der Waals surface area contributed by atoms with Crippen molar-refractivity contribution in [3.05, 3.63) is 30.1 Å². The Balaban J connectivity index is 1.58. The lowest BCUT2D eigenvalue weighted by Gasteiger charge is -2.35. The van der Waals surface area contributed by atoms with E-state index in [9.17, 15) is 4.79 Å². The molecule has 1 aromatic rings. The van der Waals surface area contributed by atoms with Gasteiger partial charge in [0.25, 0.3) is 5.91 Å². The van der Waals surface area contributed by atoms with Crippen LogP contribution in [0, 0.1) is 11.8 Å². The van der Waals surface area contributed by atoms with Crippen LogP contribution in [0.3, 0.4) is 0 Å². The Morgan fingerprint density at radius 3 is 2.85 bits per heavy atom. The van der Waals surface area contributed by atoms with Crippen molar-refractivity contribution >= 4 is 11.6 Å². The number of carbonyl (C=O) groups excluding carboxylic acids is 1. The van der Waals surface area contributed by atoms with Gasteiger partial charge in [0.1, 0.15) is 5.69 Å². The molecule has 2 saturated carbocycles. The maximum absolute atomic E-state index is 11.9. The molecule has 0 bridgehead atoms. The van der Waals surface area contributed by atoms with Crippen molar-refractivity contribution in [2.75, 3.05) is 0 Å². The zero-order valence-electron chi connectivity index (χ0n) is 11.7. The van der Waals surface area contributed by atoms with Crippen molar-refractivity contribution in [2.24, 2.45) is 16.9 Å². The fourth-order valence-electron chi connectivity index (χ4n) is 3.48. The van der Waals surface area contributed by atoms with E-state index in [-0.39, 0.29) is 5.91 Å². The van der Waals surface area contributed by atoms with E-state index in [1.54, 1.807) is 18.3 Å². The number of pyridine rings is 1. The minimum absolute atomic E-state index is 0.219. The number of hydrogen-bond donors (Lipinski definition) is 1. The summed E-state index contributed by atoms with van der Waals surface area (Å²) in [5, 5.41) is 4.33. The monoisotopic (exact) mass is 271 g/mol. The van der Waals surface area contributed by atoms with Gasteiger partial charge in [-0.15, -0.1) is 0 Å². The van der Waals surface area contributed by atoms with E-state index in [0.717, 1.165) is 30.4 Å². The van der Waals surface area contributed by atoms with Crippen molar-refractivity contribution < 1.29 is 4.79 Å². The summed E-state index contributed by atoms with van der Waals surface area (Å²) in [5.41, 5.74) is 4.22. The molecule has 2 aliphatic carbocycles. The molecular weight excluding hydrogens is 250 g/mol. The molecule has 0 unspecified atom stereocenters. The summed E-state index contributed by atoms with van der Waals surface area (Å²) in [6, 6.07) is 5.31. The van der Waals surface area contributed by atoms with Gasteiger partial charge in [0.2, 0.25) is 0 Å². The van der Waals surface area contributed by atoms with Gasteiger partial charge in [-0.25, -0.2) is 5.43 Å². The van der Waals surface area contributed by atoms with Crippen molar-refractivity contribution in [3.63, 3.8) is 0 Å². The van der Waals surface area contributed by atoms with Gasteiger partial charge in [-0.05, 0) is 49.7 Å². The van der Waals surface area contributed by atoms with E-state index < -0.39 is 0 Å². The molecule has 1 heterocycles. The standard InChI is InChI=1S/C16H21N3O/c20-16(15-7-3-4-10-17-15)19-18-14-9-8-12-5-1-2-6-13(12)11-14/h3-4,7,10,12-13H,1-2,5-6,8-9,11H2,(H,19,20)/b18-14-/t12-,13+/m0/s1. The van der Waals surface area contributed by atoms with Gasteiger partial charge < -0.3 is 0 Å². The Morgan fingerprint density at radius 2 is 2.05 bits per heavy atom. The summed E-state index contributed by atoms with van der Waals surface area (Å²) in [6.07, 6.45) is 10.4. The van der Waals surface area contributed by atoms with E-state index in [0.29, 0.717) is 5.69 Å². The van der Waals surface area contributed by atoms with Crippen LogP contribution in [0.4, 0.5) is 0 Å². The molecule has 0 spiro atoms. The van der Waals surface area contributed by atoms with E-state index in [2.05, 4.69) is 15.5 Å². The maximum Gasteiger partial charge on any atom is 0.289 e. The second-order valence-electron chi connectivity index (χ2n) is 5.88. The van der Waals surface area contributed by atoms with Gasteiger partial charge in [0.15, 0.2) is 0 Å². The summed E-state index contributed by atoms with van der Waals surface area (Å²) >= 11 is 0. The highest BCUT2D eigenvalue weighted by molar-refractivity contribution is 5.94. The fourth-order valence-corrected chi connectivity index (χ4v) is 3.48. The SMILES string of the molecule is O=C(N/N=C1/CC[C@@H]2CCCC[C@@H]2C1)c1ccccn1. The molecule has 0 aromatic carbocycles. The lowest BCUT2D eigenvalue weighted by atomic mass is 9.70. The van der Waals surface area contributed by atoms with Crippen molar-refractivity contribution in [3.8, 4) is 0 Å². The third-order valence-corrected chi connectivity index (χ3v) is 4.58. The van der Waals surface area contributed by atoms with Gasteiger partial charge in [-0.1, -0.05) is 25.3 Å². The molecule has 0 aliphatic heterocycles. The normalized spacial score (nSPS) is 27.9. The van der Waals surface area contributed by atoms with Crippen molar-refractivity contribution in [1.29, 1.82) is 0 Å². The summed E-state index contributed by atoms with van der Waals surface area (Å²) in [5.74, 6) is 1.47. The van der Waals surface area contributed by atoms with Crippen molar-refractivity contribution in [2.45, 2.75) is 44.9 Å². The molecule has 2 aliphatic rings. The summed E-state index contributed by atoms with van der Waals surface area (Å²) in [4.78, 5) is 15.9. The Bertz CT molecular complexity index is 498. The smallest absolute Gasteiger partial charge is 0.266 e. The van der Waals surface area contributed by atoms with Crippen LogP contribution in [0.5, 0.6) is 0 Å². The Kier molecular flexibility index (Phi) is 4.09. The molecule has 1 N–H and O–H groups in total. The van der Waals surface area contributed by atoms with Gasteiger partial charge in [0.05, 0.1) is 0 Å². The molecule has 2 fully saturated rings. The number of aromatic nitrogens is 1. The first kappa shape index (κ1) is 13.3. The molecule has 3 rings (SSSR count). The number of nitrogens with one attached hydrogen (secondary N) is 1.